The lowest BCUT2D eigenvalue weighted by Gasteiger charge is -2.14. The number of hydrogen-bond donors (Lipinski definition) is 3. The van der Waals surface area contributed by atoms with E-state index in [1.165, 1.54) is 25.1 Å². The molecule has 0 aromatic heterocycles. The average molecular weight is 381 g/mol. The number of alkyl halides is 3. The number of nitrogens with one attached hydrogen (secondary N) is 2. The SMILES string of the molecule is CC(=O)Nc1ccc(C(=O)Nc2ccccc2N)c(OC(=O)C(F)(F)F)c1. The standard InChI is InChI=1S/C17H14F3N3O4/c1-9(24)22-10-6-7-11(14(8-10)27-16(26)17(18,19)20)15(25)23-13-5-3-2-4-12(13)21/h2-8H,21H2,1H3,(H,22,24)(H,23,25). The van der Waals surface area contributed by atoms with Crippen molar-refractivity contribution < 1.29 is 32.3 Å². The monoisotopic (exact) mass is 381 g/mol. The number of rotatable bonds is 4. The number of carbonyl (C=O) groups is 3. The van der Waals surface area contributed by atoms with E-state index >= 15 is 0 Å². The molecule has 7 nitrogen and oxygen atoms in total. The van der Waals surface area contributed by atoms with Crippen LogP contribution in [0.5, 0.6) is 5.75 Å². The highest BCUT2D eigenvalue weighted by atomic mass is 19.4. The molecule has 0 saturated heterocycles. The van der Waals surface area contributed by atoms with Crippen LogP contribution in [0.25, 0.3) is 0 Å². The van der Waals surface area contributed by atoms with Crippen molar-refractivity contribution in [1.82, 2.24) is 0 Å². The molecule has 0 atom stereocenters. The first-order valence-electron chi connectivity index (χ1n) is 7.44. The van der Waals surface area contributed by atoms with Crippen molar-refractivity contribution in [2.75, 3.05) is 16.4 Å². The van der Waals surface area contributed by atoms with Gasteiger partial charge in [-0.05, 0) is 24.3 Å². The summed E-state index contributed by atoms with van der Waals surface area (Å²) in [6, 6.07) is 9.54. The molecule has 0 heterocycles. The number of carbonyl (C=O) groups excluding carboxylic acids is 3. The summed E-state index contributed by atoms with van der Waals surface area (Å²) in [5, 5.41) is 4.73. The Labute approximate surface area is 151 Å². The van der Waals surface area contributed by atoms with Gasteiger partial charge in [0.05, 0.1) is 16.9 Å². The Morgan fingerprint density at radius 2 is 1.70 bits per heavy atom. The molecule has 4 N–H and O–H groups in total. The van der Waals surface area contributed by atoms with Gasteiger partial charge < -0.3 is 21.1 Å². The molecule has 27 heavy (non-hydrogen) atoms. The highest BCUT2D eigenvalue weighted by molar-refractivity contribution is 6.08. The van der Waals surface area contributed by atoms with Gasteiger partial charge in [-0.25, -0.2) is 4.79 Å². The molecule has 0 aliphatic carbocycles. The number of para-hydroxylation sites is 2. The Hall–Kier alpha value is -3.56. The van der Waals surface area contributed by atoms with Crippen LogP contribution in [0.2, 0.25) is 0 Å². The van der Waals surface area contributed by atoms with Gasteiger partial charge in [0, 0.05) is 18.7 Å². The summed E-state index contributed by atoms with van der Waals surface area (Å²) >= 11 is 0. The van der Waals surface area contributed by atoms with Crippen LogP contribution in [-0.2, 0) is 9.59 Å². The van der Waals surface area contributed by atoms with Crippen LogP contribution in [0.15, 0.2) is 42.5 Å². The van der Waals surface area contributed by atoms with Crippen molar-refractivity contribution in [3.63, 3.8) is 0 Å². The second-order valence-electron chi connectivity index (χ2n) is 5.32. The van der Waals surface area contributed by atoms with Gasteiger partial charge in [-0.3, -0.25) is 9.59 Å². The van der Waals surface area contributed by atoms with Gasteiger partial charge in [0.1, 0.15) is 5.75 Å². The molecule has 0 aliphatic rings. The molecule has 10 heteroatoms. The van der Waals surface area contributed by atoms with Crippen molar-refractivity contribution in [3.05, 3.63) is 48.0 Å². The molecule has 0 fully saturated rings. The van der Waals surface area contributed by atoms with E-state index in [0.717, 1.165) is 12.1 Å². The first-order valence-corrected chi connectivity index (χ1v) is 7.44. The number of nitrogen functional groups attached to an aromatic ring is 1. The van der Waals surface area contributed by atoms with Crippen LogP contribution in [0.3, 0.4) is 0 Å². The van der Waals surface area contributed by atoms with E-state index in [1.54, 1.807) is 12.1 Å². The van der Waals surface area contributed by atoms with E-state index in [-0.39, 0.29) is 22.6 Å². The lowest BCUT2D eigenvalue weighted by atomic mass is 10.1. The molecule has 0 radical (unpaired) electrons. The van der Waals surface area contributed by atoms with Gasteiger partial charge in [-0.1, -0.05) is 12.1 Å². The van der Waals surface area contributed by atoms with Crippen molar-refractivity contribution in [2.24, 2.45) is 0 Å². The molecule has 0 spiro atoms. The predicted octanol–water partition coefficient (Wildman–Crippen LogP) is 2.95. The predicted molar refractivity (Wildman–Crippen MR) is 91.2 cm³/mol. The number of anilines is 3. The van der Waals surface area contributed by atoms with E-state index in [2.05, 4.69) is 15.4 Å². The fraction of sp³-hybridized carbons (Fsp3) is 0.118. The number of nitrogens with two attached hydrogens (primary N) is 1. The highest BCUT2D eigenvalue weighted by Gasteiger charge is 2.42. The molecule has 2 aromatic rings. The van der Waals surface area contributed by atoms with Gasteiger partial charge in [0.25, 0.3) is 5.91 Å². The highest BCUT2D eigenvalue weighted by Crippen LogP contribution is 2.28. The molecule has 0 unspecified atom stereocenters. The fourth-order valence-electron chi connectivity index (χ4n) is 2.03. The summed E-state index contributed by atoms with van der Waals surface area (Å²) in [6.07, 6.45) is -5.26. The Morgan fingerprint density at radius 1 is 1.04 bits per heavy atom. The van der Waals surface area contributed by atoms with Crippen molar-refractivity contribution in [1.29, 1.82) is 0 Å². The molecule has 2 aromatic carbocycles. The summed E-state index contributed by atoms with van der Waals surface area (Å²) in [5.74, 6) is -4.53. The van der Waals surface area contributed by atoms with Crippen LogP contribution in [0.4, 0.5) is 30.2 Å². The lowest BCUT2D eigenvalue weighted by molar-refractivity contribution is -0.189. The summed E-state index contributed by atoms with van der Waals surface area (Å²) in [5.41, 5.74) is 5.85. The van der Waals surface area contributed by atoms with Crippen molar-refractivity contribution >= 4 is 34.8 Å². The van der Waals surface area contributed by atoms with E-state index in [1.807, 2.05) is 0 Å². The van der Waals surface area contributed by atoms with Crippen molar-refractivity contribution in [2.45, 2.75) is 13.1 Å². The largest absolute Gasteiger partial charge is 0.491 e. The third-order valence-electron chi connectivity index (χ3n) is 3.19. The number of esters is 1. The summed E-state index contributed by atoms with van der Waals surface area (Å²) in [4.78, 5) is 34.7. The number of ether oxygens (including phenoxy) is 1. The van der Waals surface area contributed by atoms with Crippen LogP contribution in [-0.4, -0.2) is 24.0 Å². The lowest BCUT2D eigenvalue weighted by Crippen LogP contribution is -2.29. The normalized spacial score (nSPS) is 10.8. The molecule has 142 valence electrons. The molecule has 0 aliphatic heterocycles. The first kappa shape index (κ1) is 19.8. The Bertz CT molecular complexity index is 897. The van der Waals surface area contributed by atoms with Gasteiger partial charge in [-0.2, -0.15) is 13.2 Å². The number of hydrogen-bond acceptors (Lipinski definition) is 5. The summed E-state index contributed by atoms with van der Waals surface area (Å²) in [6.45, 7) is 1.18. The maximum absolute atomic E-state index is 12.5. The average Bonchev–Trinajstić information content (AvgIpc) is 2.55. The maximum atomic E-state index is 12.5. The molecule has 2 amide bonds. The molecule has 0 saturated carbocycles. The molecule has 0 bridgehead atoms. The van der Waals surface area contributed by atoms with E-state index < -0.39 is 29.7 Å². The topological polar surface area (TPSA) is 111 Å². The van der Waals surface area contributed by atoms with Crippen LogP contribution < -0.4 is 21.1 Å². The minimum absolute atomic E-state index is 0.0447. The Balaban J connectivity index is 2.38. The smallest absolute Gasteiger partial charge is 0.419 e. The quantitative estimate of drug-likeness (QED) is 0.428. The van der Waals surface area contributed by atoms with Gasteiger partial charge in [0.15, 0.2) is 0 Å². The Morgan fingerprint density at radius 3 is 2.30 bits per heavy atom. The zero-order valence-electron chi connectivity index (χ0n) is 13.9. The van der Waals surface area contributed by atoms with Crippen molar-refractivity contribution in [3.8, 4) is 5.75 Å². The van der Waals surface area contributed by atoms with Crippen LogP contribution in [0.1, 0.15) is 17.3 Å². The van der Waals surface area contributed by atoms with Crippen LogP contribution in [0, 0.1) is 0 Å². The second-order valence-corrected chi connectivity index (χ2v) is 5.32. The van der Waals surface area contributed by atoms with Gasteiger partial charge in [-0.15, -0.1) is 0 Å². The van der Waals surface area contributed by atoms with E-state index in [9.17, 15) is 27.6 Å². The summed E-state index contributed by atoms with van der Waals surface area (Å²) < 4.78 is 41.9. The minimum atomic E-state index is -5.26. The first-order chi connectivity index (χ1) is 12.6. The third kappa shape index (κ3) is 5.21. The molecule has 2 rings (SSSR count). The van der Waals surface area contributed by atoms with Gasteiger partial charge in [0.2, 0.25) is 5.91 Å². The molecular weight excluding hydrogens is 367 g/mol. The zero-order valence-corrected chi connectivity index (χ0v) is 13.9. The fourth-order valence-corrected chi connectivity index (χ4v) is 2.03. The number of amides is 2. The van der Waals surface area contributed by atoms with E-state index in [0.29, 0.717) is 0 Å². The number of benzene rings is 2. The zero-order chi connectivity index (χ0) is 20.2. The third-order valence-corrected chi connectivity index (χ3v) is 3.19. The number of halogens is 3. The minimum Gasteiger partial charge on any atom is -0.419 e. The van der Waals surface area contributed by atoms with Gasteiger partial charge >= 0.3 is 12.1 Å². The maximum Gasteiger partial charge on any atom is 0.491 e. The van der Waals surface area contributed by atoms with E-state index in [4.69, 9.17) is 5.73 Å². The Kier molecular flexibility index (Phi) is 5.69. The second kappa shape index (κ2) is 7.77. The summed E-state index contributed by atoms with van der Waals surface area (Å²) in [7, 11) is 0. The molecular formula is C17H14F3N3O4. The van der Waals surface area contributed by atoms with Crippen LogP contribution >= 0.6 is 0 Å².